The number of Topliss-reactive ketones (excluding diaryl/α,β-unsaturated/α-hetero) is 1. The first-order valence-electron chi connectivity index (χ1n) is 11.3. The molecule has 2 amide bonds. The van der Waals surface area contributed by atoms with E-state index in [1.807, 2.05) is 19.1 Å². The molecule has 0 atom stereocenters. The minimum atomic E-state index is -0.349. The van der Waals surface area contributed by atoms with Crippen LogP contribution in [0, 0.1) is 6.92 Å². The predicted molar refractivity (Wildman–Crippen MR) is 124 cm³/mol. The van der Waals surface area contributed by atoms with E-state index in [1.54, 1.807) is 24.4 Å². The van der Waals surface area contributed by atoms with Gasteiger partial charge in [-0.2, -0.15) is 4.52 Å². The minimum Gasteiger partial charge on any atom is -0.480 e. The van der Waals surface area contributed by atoms with Crippen LogP contribution in [0.15, 0.2) is 36.5 Å². The third-order valence-electron chi connectivity index (χ3n) is 5.80. The summed E-state index contributed by atoms with van der Waals surface area (Å²) in [7, 11) is 1.51. The molecule has 3 aromatic heterocycles. The summed E-state index contributed by atoms with van der Waals surface area (Å²) in [5, 5.41) is 23.6. The molecular weight excluding hydrogens is 466 g/mol. The number of hydrogen-bond acceptors (Lipinski definition) is 9. The van der Waals surface area contributed by atoms with Crippen molar-refractivity contribution in [3.8, 4) is 11.6 Å². The highest BCUT2D eigenvalue weighted by atomic mass is 16.5. The van der Waals surface area contributed by atoms with E-state index in [-0.39, 0.29) is 50.1 Å². The van der Waals surface area contributed by atoms with Gasteiger partial charge in [0.2, 0.25) is 11.8 Å². The van der Waals surface area contributed by atoms with Gasteiger partial charge in [0.15, 0.2) is 17.3 Å². The molecule has 0 radical (unpaired) electrons. The molecule has 4 aromatic rings. The van der Waals surface area contributed by atoms with E-state index in [0.29, 0.717) is 34.3 Å². The molecule has 1 saturated heterocycles. The fraction of sp³-hybridized carbons (Fsp3) is 0.304. The molecule has 0 unspecified atom stereocenters. The lowest BCUT2D eigenvalue weighted by Crippen LogP contribution is -2.39. The van der Waals surface area contributed by atoms with E-state index in [9.17, 15) is 14.4 Å². The van der Waals surface area contributed by atoms with Gasteiger partial charge in [0, 0.05) is 18.9 Å². The fourth-order valence-electron chi connectivity index (χ4n) is 3.93. The second kappa shape index (κ2) is 9.52. The number of fused-ring (bicyclic) bond motifs is 1. The summed E-state index contributed by atoms with van der Waals surface area (Å²) >= 11 is 0. The highest BCUT2D eigenvalue weighted by Gasteiger charge is 2.25. The summed E-state index contributed by atoms with van der Waals surface area (Å²) in [5.74, 6) is 0.420. The number of piperidine rings is 1. The first kappa shape index (κ1) is 23.1. The van der Waals surface area contributed by atoms with Gasteiger partial charge in [-0.15, -0.1) is 20.4 Å². The summed E-state index contributed by atoms with van der Waals surface area (Å²) in [6.45, 7) is 2.24. The van der Waals surface area contributed by atoms with E-state index in [2.05, 4.69) is 30.9 Å². The zero-order valence-electron chi connectivity index (χ0n) is 19.7. The molecule has 1 N–H and O–H groups in total. The largest absolute Gasteiger partial charge is 0.480 e. The molecule has 1 aliphatic heterocycles. The first-order valence-corrected chi connectivity index (χ1v) is 11.3. The number of ether oxygens (including phenoxy) is 1. The Hall–Kier alpha value is -4.68. The monoisotopic (exact) mass is 489 g/mol. The van der Waals surface area contributed by atoms with Gasteiger partial charge in [-0.3, -0.25) is 14.4 Å². The van der Waals surface area contributed by atoms with Crippen molar-refractivity contribution in [2.45, 2.75) is 32.9 Å². The van der Waals surface area contributed by atoms with Crippen LogP contribution in [0.1, 0.15) is 40.3 Å². The lowest BCUT2D eigenvalue weighted by Gasteiger charge is -2.24. The number of nitrogens with one attached hydrogen (secondary N) is 1. The molecule has 0 spiro atoms. The van der Waals surface area contributed by atoms with Gasteiger partial charge < -0.3 is 15.0 Å². The number of aromatic nitrogens is 7. The molecule has 5 rings (SSSR count). The molecule has 13 nitrogen and oxygen atoms in total. The summed E-state index contributed by atoms with van der Waals surface area (Å²) in [6.07, 6.45) is 2.14. The van der Waals surface area contributed by atoms with Gasteiger partial charge in [0.25, 0.3) is 5.91 Å². The standard InChI is InChI=1S/C23H23N9O4/c1-14-3-5-17(23(35)24-10-20-27-26-19-6-7-21(36-2)28-32(19)20)18(9-14)31-12-15(25-29-31)11-30-13-16(33)4-8-22(30)34/h3,5-7,9,12H,4,8,10-11,13H2,1-2H3,(H,24,35). The van der Waals surface area contributed by atoms with Crippen LogP contribution in [0.25, 0.3) is 11.3 Å². The number of likely N-dealkylation sites (tertiary alicyclic amines) is 1. The van der Waals surface area contributed by atoms with Gasteiger partial charge in [0.1, 0.15) is 5.69 Å². The second-order valence-electron chi connectivity index (χ2n) is 8.41. The SMILES string of the molecule is COc1ccc2nnc(CNC(=O)c3ccc(C)cc3-n3cc(CN4CC(=O)CCC4=O)nn3)n2n1. The van der Waals surface area contributed by atoms with Gasteiger partial charge >= 0.3 is 0 Å². The van der Waals surface area contributed by atoms with Crippen LogP contribution in [-0.2, 0) is 22.7 Å². The van der Waals surface area contributed by atoms with E-state index >= 15 is 0 Å². The Morgan fingerprint density at radius 3 is 2.81 bits per heavy atom. The predicted octanol–water partition coefficient (Wildman–Crippen LogP) is 0.644. The van der Waals surface area contributed by atoms with Gasteiger partial charge in [-0.25, -0.2) is 4.68 Å². The average molecular weight is 489 g/mol. The molecule has 0 aliphatic carbocycles. The van der Waals surface area contributed by atoms with E-state index in [1.165, 1.54) is 21.2 Å². The molecule has 4 heterocycles. The number of amides is 2. The number of carbonyl (C=O) groups excluding carboxylic acids is 3. The Kier molecular flexibility index (Phi) is 6.10. The third-order valence-corrected chi connectivity index (χ3v) is 5.80. The molecule has 0 bridgehead atoms. The van der Waals surface area contributed by atoms with Gasteiger partial charge in [0.05, 0.1) is 44.2 Å². The Balaban J connectivity index is 1.35. The van der Waals surface area contributed by atoms with Crippen molar-refractivity contribution in [1.29, 1.82) is 0 Å². The van der Waals surface area contributed by atoms with Gasteiger partial charge in [-0.05, 0) is 30.7 Å². The molecule has 13 heteroatoms. The number of ketones is 1. The zero-order chi connectivity index (χ0) is 25.2. The molecule has 1 aliphatic rings. The first-order chi connectivity index (χ1) is 17.4. The number of benzene rings is 1. The van der Waals surface area contributed by atoms with Gasteiger partial charge in [-0.1, -0.05) is 11.3 Å². The molecule has 0 saturated carbocycles. The number of rotatable bonds is 7. The quantitative estimate of drug-likeness (QED) is 0.395. The van der Waals surface area contributed by atoms with E-state index in [0.717, 1.165) is 5.56 Å². The minimum absolute atomic E-state index is 0.0220. The highest BCUT2D eigenvalue weighted by Crippen LogP contribution is 2.18. The maximum atomic E-state index is 13.1. The summed E-state index contributed by atoms with van der Waals surface area (Å²) in [6, 6.07) is 8.75. The molecular formula is C23H23N9O4. The fourth-order valence-corrected chi connectivity index (χ4v) is 3.93. The molecule has 1 aromatic carbocycles. The number of methoxy groups -OCH3 is 1. The van der Waals surface area contributed by atoms with Crippen LogP contribution < -0.4 is 10.1 Å². The van der Waals surface area contributed by atoms with Crippen molar-refractivity contribution >= 4 is 23.2 Å². The Morgan fingerprint density at radius 2 is 1.97 bits per heavy atom. The number of aryl methyl sites for hydroxylation is 1. The number of nitrogens with zero attached hydrogens (tertiary/aromatic N) is 8. The van der Waals surface area contributed by atoms with Crippen molar-refractivity contribution < 1.29 is 19.1 Å². The van der Waals surface area contributed by atoms with Crippen molar-refractivity contribution in [2.24, 2.45) is 0 Å². The van der Waals surface area contributed by atoms with Crippen LogP contribution in [0.4, 0.5) is 0 Å². The van der Waals surface area contributed by atoms with Crippen LogP contribution >= 0.6 is 0 Å². The summed E-state index contributed by atoms with van der Waals surface area (Å²) in [5.41, 5.74) is 2.87. The topological polar surface area (TPSA) is 150 Å². The van der Waals surface area contributed by atoms with Crippen molar-refractivity contribution in [1.82, 2.24) is 45.0 Å². The average Bonchev–Trinajstić information content (AvgIpc) is 3.51. The lowest BCUT2D eigenvalue weighted by atomic mass is 10.1. The van der Waals surface area contributed by atoms with E-state index in [4.69, 9.17) is 4.74 Å². The third kappa shape index (κ3) is 4.62. The van der Waals surface area contributed by atoms with Crippen molar-refractivity contribution in [3.63, 3.8) is 0 Å². The number of hydrogen-bond donors (Lipinski definition) is 1. The Labute approximate surface area is 205 Å². The van der Waals surface area contributed by atoms with Crippen LogP contribution in [0.3, 0.4) is 0 Å². The normalized spacial score (nSPS) is 13.9. The summed E-state index contributed by atoms with van der Waals surface area (Å²) < 4.78 is 8.15. The van der Waals surface area contributed by atoms with Crippen LogP contribution in [0.5, 0.6) is 5.88 Å². The summed E-state index contributed by atoms with van der Waals surface area (Å²) in [4.78, 5) is 38.5. The molecule has 184 valence electrons. The zero-order valence-corrected chi connectivity index (χ0v) is 19.7. The van der Waals surface area contributed by atoms with Crippen LogP contribution in [-0.4, -0.2) is 71.0 Å². The van der Waals surface area contributed by atoms with Crippen molar-refractivity contribution in [2.75, 3.05) is 13.7 Å². The van der Waals surface area contributed by atoms with E-state index < -0.39 is 0 Å². The highest BCUT2D eigenvalue weighted by molar-refractivity contribution is 5.97. The van der Waals surface area contributed by atoms with Crippen molar-refractivity contribution in [3.05, 3.63) is 59.2 Å². The van der Waals surface area contributed by atoms with Crippen LogP contribution in [0.2, 0.25) is 0 Å². The smallest absolute Gasteiger partial charge is 0.253 e. The second-order valence-corrected chi connectivity index (χ2v) is 8.41. The molecule has 1 fully saturated rings. The Bertz CT molecular complexity index is 1480. The Morgan fingerprint density at radius 1 is 1.11 bits per heavy atom. The maximum Gasteiger partial charge on any atom is 0.253 e. The maximum absolute atomic E-state index is 13.1. The number of carbonyl (C=O) groups is 3. The lowest BCUT2D eigenvalue weighted by molar-refractivity contribution is -0.140. The molecule has 36 heavy (non-hydrogen) atoms.